The Bertz CT molecular complexity index is 784. The van der Waals surface area contributed by atoms with E-state index in [0.29, 0.717) is 12.5 Å². The molecule has 0 spiro atoms. The van der Waals surface area contributed by atoms with Crippen LogP contribution in [0.15, 0.2) is 36.5 Å². The maximum atomic E-state index is 13.6. The molecule has 0 radical (unpaired) electrons. The molecule has 1 aliphatic carbocycles. The van der Waals surface area contributed by atoms with Crippen molar-refractivity contribution in [1.29, 1.82) is 0 Å². The summed E-state index contributed by atoms with van der Waals surface area (Å²) in [6, 6.07) is 6.64. The maximum Gasteiger partial charge on any atom is 0.308 e. The fraction of sp³-hybridized carbons (Fsp3) is 0.400. The summed E-state index contributed by atoms with van der Waals surface area (Å²) < 4.78 is 18.7. The van der Waals surface area contributed by atoms with E-state index in [9.17, 15) is 9.18 Å². The van der Waals surface area contributed by atoms with E-state index in [1.807, 2.05) is 19.9 Å². The van der Waals surface area contributed by atoms with Gasteiger partial charge in [-0.15, -0.1) is 0 Å². The van der Waals surface area contributed by atoms with Crippen molar-refractivity contribution in [3.05, 3.63) is 47.9 Å². The molecule has 3 nitrogen and oxygen atoms in total. The van der Waals surface area contributed by atoms with Crippen molar-refractivity contribution >= 4 is 22.4 Å². The number of hydrogen-bond donors (Lipinski definition) is 0. The Labute approximate surface area is 141 Å². The van der Waals surface area contributed by atoms with Crippen LogP contribution in [0, 0.1) is 17.7 Å². The van der Waals surface area contributed by atoms with Crippen LogP contribution in [0.5, 0.6) is 0 Å². The van der Waals surface area contributed by atoms with E-state index in [0.717, 1.165) is 35.7 Å². The monoisotopic (exact) mass is 327 g/mol. The molecule has 1 aliphatic rings. The van der Waals surface area contributed by atoms with Crippen LogP contribution in [0.3, 0.4) is 0 Å². The lowest BCUT2D eigenvalue weighted by molar-refractivity contribution is -0.149. The molecule has 126 valence electrons. The number of ether oxygens (including phenoxy) is 1. The number of esters is 1. The zero-order valence-electron chi connectivity index (χ0n) is 14.1. The number of rotatable bonds is 4. The third kappa shape index (κ3) is 3.32. The molecule has 0 amide bonds. The number of halogens is 1. The van der Waals surface area contributed by atoms with Gasteiger partial charge in [0, 0.05) is 11.6 Å². The van der Waals surface area contributed by atoms with Gasteiger partial charge >= 0.3 is 5.97 Å². The number of hydrogen-bond acceptors (Lipinski definition) is 3. The second-order valence-electron chi connectivity index (χ2n) is 6.32. The number of fused-ring (bicyclic) bond motifs is 1. The summed E-state index contributed by atoms with van der Waals surface area (Å²) >= 11 is 0. The van der Waals surface area contributed by atoms with Gasteiger partial charge in [-0.3, -0.25) is 9.78 Å². The molecule has 0 bridgehead atoms. The van der Waals surface area contributed by atoms with Crippen molar-refractivity contribution in [3.63, 3.8) is 0 Å². The fourth-order valence-corrected chi connectivity index (χ4v) is 3.42. The minimum atomic E-state index is -0.248. The second-order valence-corrected chi connectivity index (χ2v) is 6.32. The van der Waals surface area contributed by atoms with E-state index in [2.05, 4.69) is 11.1 Å². The third-order valence-electron chi connectivity index (χ3n) is 4.87. The molecular formula is C20H22FNO2. The standard InChI is InChI=1S/C20H22FNO2/c1-3-24-20(23)13(2)14-4-6-15(7-5-14)17-10-11-22-19-9-8-16(21)12-18(17)19/h6,8-14H,3-5,7H2,1-2H3. The summed E-state index contributed by atoms with van der Waals surface area (Å²) in [5, 5.41) is 0.848. The molecule has 2 atom stereocenters. The van der Waals surface area contributed by atoms with Crippen LogP contribution in [0.2, 0.25) is 0 Å². The highest BCUT2D eigenvalue weighted by Gasteiger charge is 2.27. The van der Waals surface area contributed by atoms with E-state index >= 15 is 0 Å². The number of benzene rings is 1. The molecule has 24 heavy (non-hydrogen) atoms. The highest BCUT2D eigenvalue weighted by molar-refractivity contribution is 5.91. The van der Waals surface area contributed by atoms with Crippen LogP contribution < -0.4 is 0 Å². The molecule has 0 saturated carbocycles. The fourth-order valence-electron chi connectivity index (χ4n) is 3.42. The van der Waals surface area contributed by atoms with Crippen molar-refractivity contribution in [2.45, 2.75) is 33.1 Å². The summed E-state index contributed by atoms with van der Waals surface area (Å²) in [6.07, 6.45) is 6.61. The van der Waals surface area contributed by atoms with Gasteiger partial charge in [-0.25, -0.2) is 4.39 Å². The SMILES string of the molecule is CCOC(=O)C(C)C1CC=C(c2ccnc3ccc(F)cc23)CC1. The van der Waals surface area contributed by atoms with Crippen molar-refractivity contribution in [3.8, 4) is 0 Å². The first kappa shape index (κ1) is 16.6. The average Bonchev–Trinajstić information content (AvgIpc) is 2.61. The lowest BCUT2D eigenvalue weighted by Gasteiger charge is -2.26. The molecule has 0 fully saturated rings. The van der Waals surface area contributed by atoms with Crippen molar-refractivity contribution in [2.75, 3.05) is 6.61 Å². The van der Waals surface area contributed by atoms with Gasteiger partial charge in [-0.1, -0.05) is 13.0 Å². The van der Waals surface area contributed by atoms with Gasteiger partial charge in [0.05, 0.1) is 18.0 Å². The summed E-state index contributed by atoms with van der Waals surface area (Å²) in [5.74, 6) is -0.148. The topological polar surface area (TPSA) is 39.2 Å². The number of carbonyl (C=O) groups is 1. The molecule has 2 unspecified atom stereocenters. The second kappa shape index (κ2) is 7.12. The Morgan fingerprint density at radius 2 is 2.25 bits per heavy atom. The van der Waals surface area contributed by atoms with Crippen molar-refractivity contribution in [2.24, 2.45) is 11.8 Å². The smallest absolute Gasteiger partial charge is 0.308 e. The molecule has 1 heterocycles. The Morgan fingerprint density at radius 3 is 2.96 bits per heavy atom. The van der Waals surface area contributed by atoms with Gasteiger partial charge in [0.1, 0.15) is 5.82 Å². The van der Waals surface area contributed by atoms with Crippen molar-refractivity contribution in [1.82, 2.24) is 4.98 Å². The quantitative estimate of drug-likeness (QED) is 0.760. The Morgan fingerprint density at radius 1 is 1.42 bits per heavy atom. The summed E-state index contributed by atoms with van der Waals surface area (Å²) in [4.78, 5) is 16.2. The third-order valence-corrected chi connectivity index (χ3v) is 4.87. The lowest BCUT2D eigenvalue weighted by atomic mass is 9.79. The zero-order valence-corrected chi connectivity index (χ0v) is 14.1. The van der Waals surface area contributed by atoms with E-state index in [1.54, 1.807) is 18.3 Å². The van der Waals surface area contributed by atoms with Gasteiger partial charge < -0.3 is 4.74 Å². The van der Waals surface area contributed by atoms with E-state index in [1.165, 1.54) is 11.6 Å². The molecule has 4 heteroatoms. The number of pyridine rings is 1. The predicted octanol–water partition coefficient (Wildman–Crippen LogP) is 4.76. The number of allylic oxidation sites excluding steroid dienone is 2. The first-order chi connectivity index (χ1) is 11.6. The average molecular weight is 327 g/mol. The minimum absolute atomic E-state index is 0.0885. The van der Waals surface area contributed by atoms with Gasteiger partial charge in [0.25, 0.3) is 0 Å². The summed E-state index contributed by atoms with van der Waals surface area (Å²) in [6.45, 7) is 4.20. The molecule has 0 aliphatic heterocycles. The van der Waals surface area contributed by atoms with E-state index in [-0.39, 0.29) is 17.7 Å². The Hall–Kier alpha value is -2.23. The largest absolute Gasteiger partial charge is 0.466 e. The van der Waals surface area contributed by atoms with Gasteiger partial charge in [-0.05, 0) is 67.5 Å². The molecule has 1 aromatic heterocycles. The minimum Gasteiger partial charge on any atom is -0.466 e. The van der Waals surface area contributed by atoms with E-state index in [4.69, 9.17) is 4.74 Å². The first-order valence-electron chi connectivity index (χ1n) is 8.50. The molecule has 0 N–H and O–H groups in total. The van der Waals surface area contributed by atoms with Gasteiger partial charge in [-0.2, -0.15) is 0 Å². The lowest BCUT2D eigenvalue weighted by Crippen LogP contribution is -2.24. The highest BCUT2D eigenvalue weighted by Crippen LogP contribution is 2.36. The molecule has 3 rings (SSSR count). The summed E-state index contributed by atoms with van der Waals surface area (Å²) in [7, 11) is 0. The zero-order chi connectivity index (χ0) is 17.1. The highest BCUT2D eigenvalue weighted by atomic mass is 19.1. The van der Waals surface area contributed by atoms with Crippen LogP contribution in [-0.2, 0) is 9.53 Å². The van der Waals surface area contributed by atoms with Crippen LogP contribution >= 0.6 is 0 Å². The Kier molecular flexibility index (Phi) is 4.93. The maximum absolute atomic E-state index is 13.6. The predicted molar refractivity (Wildman–Crippen MR) is 92.8 cm³/mol. The molecule has 1 aromatic carbocycles. The van der Waals surface area contributed by atoms with Crippen LogP contribution in [-0.4, -0.2) is 17.6 Å². The number of carbonyl (C=O) groups excluding carboxylic acids is 1. The van der Waals surface area contributed by atoms with Crippen molar-refractivity contribution < 1.29 is 13.9 Å². The van der Waals surface area contributed by atoms with Gasteiger partial charge in [0.2, 0.25) is 0 Å². The number of nitrogens with zero attached hydrogens (tertiary/aromatic N) is 1. The van der Waals surface area contributed by atoms with Crippen LogP contribution in [0.1, 0.15) is 38.7 Å². The van der Waals surface area contributed by atoms with Crippen LogP contribution in [0.4, 0.5) is 4.39 Å². The van der Waals surface area contributed by atoms with Crippen LogP contribution in [0.25, 0.3) is 16.5 Å². The normalized spacial score (nSPS) is 19.0. The molecule has 2 aromatic rings. The van der Waals surface area contributed by atoms with E-state index < -0.39 is 0 Å². The Balaban J connectivity index is 1.83. The number of aromatic nitrogens is 1. The molecule has 0 saturated heterocycles. The molecular weight excluding hydrogens is 305 g/mol. The first-order valence-corrected chi connectivity index (χ1v) is 8.50. The van der Waals surface area contributed by atoms with Gasteiger partial charge in [0.15, 0.2) is 0 Å². The summed E-state index contributed by atoms with van der Waals surface area (Å²) in [5.41, 5.74) is 3.05.